The molecule has 0 unspecified atom stereocenters. The molecule has 0 saturated carbocycles. The van der Waals surface area contributed by atoms with Gasteiger partial charge in [0.05, 0.1) is 5.39 Å². The summed E-state index contributed by atoms with van der Waals surface area (Å²) in [5, 5.41) is 15.9. The summed E-state index contributed by atoms with van der Waals surface area (Å²) >= 11 is 1.30. The number of pyridine rings is 1. The number of aromatic nitrogens is 4. The average molecular weight is 276 g/mol. The fraction of sp³-hybridized carbons (Fsp3) is 0.0909. The van der Waals surface area contributed by atoms with Crippen LogP contribution in [0.5, 0.6) is 0 Å². The van der Waals surface area contributed by atoms with Gasteiger partial charge >= 0.3 is 5.97 Å². The number of H-pyrrole nitrogens is 1. The van der Waals surface area contributed by atoms with E-state index in [-0.39, 0.29) is 11.3 Å². The summed E-state index contributed by atoms with van der Waals surface area (Å²) in [6.45, 7) is 1.68. The van der Waals surface area contributed by atoms with E-state index >= 15 is 0 Å². The Morgan fingerprint density at radius 1 is 1.53 bits per heavy atom. The van der Waals surface area contributed by atoms with E-state index in [1.807, 2.05) is 0 Å². The molecule has 3 aromatic heterocycles. The predicted octanol–water partition coefficient (Wildman–Crippen LogP) is 1.18. The number of carboxylic acids is 1. The molecule has 0 aliphatic rings. The van der Waals surface area contributed by atoms with Crippen LogP contribution in [-0.2, 0) is 0 Å². The van der Waals surface area contributed by atoms with Crippen molar-refractivity contribution in [3.8, 4) is 5.13 Å². The van der Waals surface area contributed by atoms with E-state index in [9.17, 15) is 14.7 Å². The summed E-state index contributed by atoms with van der Waals surface area (Å²) in [5.41, 5.74) is 0.509. The summed E-state index contributed by atoms with van der Waals surface area (Å²) in [7, 11) is 0. The molecule has 3 rings (SSSR count). The third-order valence-corrected chi connectivity index (χ3v) is 3.42. The van der Waals surface area contributed by atoms with E-state index in [4.69, 9.17) is 0 Å². The maximum absolute atomic E-state index is 11.5. The van der Waals surface area contributed by atoms with E-state index in [2.05, 4.69) is 15.1 Å². The molecule has 0 spiro atoms. The van der Waals surface area contributed by atoms with E-state index in [1.54, 1.807) is 18.5 Å². The van der Waals surface area contributed by atoms with Crippen LogP contribution in [0.1, 0.15) is 16.1 Å². The first-order valence-corrected chi connectivity index (χ1v) is 6.21. The zero-order chi connectivity index (χ0) is 13.6. The number of thiazole rings is 1. The van der Waals surface area contributed by atoms with Crippen molar-refractivity contribution in [2.75, 3.05) is 0 Å². The number of carboxylic acid groups (broad SMARTS) is 1. The monoisotopic (exact) mass is 276 g/mol. The Labute approximate surface area is 110 Å². The van der Waals surface area contributed by atoms with Crippen LogP contribution < -0.4 is 5.56 Å². The predicted molar refractivity (Wildman–Crippen MR) is 69.1 cm³/mol. The lowest BCUT2D eigenvalue weighted by Gasteiger charge is -1.98. The molecule has 0 radical (unpaired) electrons. The maximum atomic E-state index is 11.5. The molecule has 0 aliphatic heterocycles. The second-order valence-electron chi connectivity index (χ2n) is 3.92. The van der Waals surface area contributed by atoms with Gasteiger partial charge in [0.25, 0.3) is 0 Å². The van der Waals surface area contributed by atoms with Gasteiger partial charge in [-0.05, 0) is 12.5 Å². The van der Waals surface area contributed by atoms with Gasteiger partial charge in [0, 0.05) is 17.6 Å². The Kier molecular flexibility index (Phi) is 2.46. The SMILES string of the molecule is Cc1cc(=O)[nH]c2c1c(C(=O)O)nn2-c1nccs1. The minimum atomic E-state index is -1.14. The quantitative estimate of drug-likeness (QED) is 0.731. The minimum Gasteiger partial charge on any atom is -0.476 e. The zero-order valence-corrected chi connectivity index (χ0v) is 10.6. The molecule has 0 aliphatic carbocycles. The number of nitrogens with zero attached hydrogens (tertiary/aromatic N) is 3. The second kappa shape index (κ2) is 4.02. The molecule has 0 saturated heterocycles. The second-order valence-corrected chi connectivity index (χ2v) is 4.79. The normalized spacial score (nSPS) is 11.0. The molecule has 7 nitrogen and oxygen atoms in total. The highest BCUT2D eigenvalue weighted by atomic mass is 32.1. The highest BCUT2D eigenvalue weighted by Crippen LogP contribution is 2.23. The molecule has 0 amide bonds. The molecule has 0 atom stereocenters. The van der Waals surface area contributed by atoms with Crippen molar-refractivity contribution in [1.29, 1.82) is 0 Å². The zero-order valence-electron chi connectivity index (χ0n) is 9.75. The van der Waals surface area contributed by atoms with E-state index in [0.717, 1.165) is 0 Å². The van der Waals surface area contributed by atoms with Crippen molar-refractivity contribution in [2.24, 2.45) is 0 Å². The van der Waals surface area contributed by atoms with Crippen LogP contribution in [0.2, 0.25) is 0 Å². The standard InChI is InChI=1S/C11H8N4O3S/c1-5-4-6(16)13-9-7(5)8(10(17)18)14-15(9)11-12-2-3-19-11/h2-4H,1H3,(H,13,16)(H,17,18). The number of fused-ring (bicyclic) bond motifs is 1. The molecule has 2 N–H and O–H groups in total. The van der Waals surface area contributed by atoms with Crippen molar-refractivity contribution >= 4 is 28.3 Å². The molecule has 8 heteroatoms. The van der Waals surface area contributed by atoms with Crippen molar-refractivity contribution in [2.45, 2.75) is 6.92 Å². The molecule has 0 bridgehead atoms. The van der Waals surface area contributed by atoms with Gasteiger partial charge < -0.3 is 10.1 Å². The van der Waals surface area contributed by atoms with Gasteiger partial charge in [-0.1, -0.05) is 0 Å². The van der Waals surface area contributed by atoms with Gasteiger partial charge in [-0.25, -0.2) is 9.78 Å². The number of hydrogen-bond donors (Lipinski definition) is 2. The third kappa shape index (κ3) is 1.73. The van der Waals surface area contributed by atoms with E-state index in [0.29, 0.717) is 21.7 Å². The van der Waals surface area contributed by atoms with E-state index < -0.39 is 5.97 Å². The minimum absolute atomic E-state index is 0.0982. The Bertz CT molecular complexity index is 832. The molecule has 96 valence electrons. The van der Waals surface area contributed by atoms with Crippen LogP contribution in [0.25, 0.3) is 16.2 Å². The number of aryl methyl sites for hydroxylation is 1. The van der Waals surface area contributed by atoms with Gasteiger partial charge in [0.1, 0.15) is 5.65 Å². The lowest BCUT2D eigenvalue weighted by atomic mass is 10.1. The molecular formula is C11H8N4O3S. The lowest BCUT2D eigenvalue weighted by molar-refractivity contribution is 0.0692. The van der Waals surface area contributed by atoms with Crippen molar-refractivity contribution in [1.82, 2.24) is 19.7 Å². The number of carbonyl (C=O) groups is 1. The van der Waals surface area contributed by atoms with Crippen LogP contribution in [0.3, 0.4) is 0 Å². The highest BCUT2D eigenvalue weighted by molar-refractivity contribution is 7.12. The highest BCUT2D eigenvalue weighted by Gasteiger charge is 2.20. The lowest BCUT2D eigenvalue weighted by Crippen LogP contribution is -2.07. The number of rotatable bonds is 2. The Balaban J connectivity index is 2.47. The topological polar surface area (TPSA) is 101 Å². The fourth-order valence-corrected chi connectivity index (χ4v) is 2.53. The molecule has 3 aromatic rings. The fourth-order valence-electron chi connectivity index (χ4n) is 1.94. The summed E-state index contributed by atoms with van der Waals surface area (Å²) < 4.78 is 1.35. The summed E-state index contributed by atoms with van der Waals surface area (Å²) in [6.07, 6.45) is 1.59. The molecule has 0 fully saturated rings. The first kappa shape index (κ1) is 11.6. The maximum Gasteiger partial charge on any atom is 0.357 e. The van der Waals surface area contributed by atoms with Crippen LogP contribution in [0, 0.1) is 6.92 Å². The number of aromatic amines is 1. The van der Waals surface area contributed by atoms with Crippen LogP contribution in [0.15, 0.2) is 22.4 Å². The molecule has 3 heterocycles. The first-order valence-electron chi connectivity index (χ1n) is 5.33. The summed E-state index contributed by atoms with van der Waals surface area (Å²) in [6, 6.07) is 1.35. The van der Waals surface area contributed by atoms with Crippen molar-refractivity contribution < 1.29 is 9.90 Å². The first-order chi connectivity index (χ1) is 9.08. The smallest absolute Gasteiger partial charge is 0.357 e. The molecule has 19 heavy (non-hydrogen) atoms. The number of nitrogens with one attached hydrogen (secondary N) is 1. The summed E-state index contributed by atoms with van der Waals surface area (Å²) in [5.74, 6) is -1.14. The average Bonchev–Trinajstić information content (AvgIpc) is 2.93. The number of hydrogen-bond acceptors (Lipinski definition) is 5. The Hall–Kier alpha value is -2.48. The number of aromatic carboxylic acids is 1. The molecular weight excluding hydrogens is 268 g/mol. The van der Waals surface area contributed by atoms with Gasteiger partial charge in [-0.2, -0.15) is 9.78 Å². The van der Waals surface area contributed by atoms with Gasteiger partial charge in [-0.15, -0.1) is 11.3 Å². The van der Waals surface area contributed by atoms with Crippen LogP contribution in [-0.4, -0.2) is 30.8 Å². The van der Waals surface area contributed by atoms with E-state index in [1.165, 1.54) is 22.1 Å². The largest absolute Gasteiger partial charge is 0.476 e. The molecule has 0 aromatic carbocycles. The van der Waals surface area contributed by atoms with Gasteiger partial charge in [-0.3, -0.25) is 4.79 Å². The summed E-state index contributed by atoms with van der Waals surface area (Å²) in [4.78, 5) is 29.5. The third-order valence-electron chi connectivity index (χ3n) is 2.67. The van der Waals surface area contributed by atoms with Crippen molar-refractivity contribution in [3.63, 3.8) is 0 Å². The van der Waals surface area contributed by atoms with Crippen LogP contribution in [0.4, 0.5) is 0 Å². The van der Waals surface area contributed by atoms with Gasteiger partial charge in [0.15, 0.2) is 5.69 Å². The van der Waals surface area contributed by atoms with Crippen LogP contribution >= 0.6 is 11.3 Å². The van der Waals surface area contributed by atoms with Crippen molar-refractivity contribution in [3.05, 3.63) is 39.3 Å². The Morgan fingerprint density at radius 3 is 2.95 bits per heavy atom. The van der Waals surface area contributed by atoms with Gasteiger partial charge in [0.2, 0.25) is 10.7 Å². The Morgan fingerprint density at radius 2 is 2.32 bits per heavy atom.